The van der Waals surface area contributed by atoms with Crippen LogP contribution in [0, 0.1) is 12.3 Å². The number of fused-ring (bicyclic) bond motifs is 1. The quantitative estimate of drug-likeness (QED) is 0.260. The third kappa shape index (κ3) is 6.02. The average Bonchev–Trinajstić information content (AvgIpc) is 3.56. The number of ether oxygens (including phenoxy) is 1. The van der Waals surface area contributed by atoms with Crippen LogP contribution in [0.25, 0.3) is 6.08 Å². The van der Waals surface area contributed by atoms with Crippen LogP contribution in [-0.4, -0.2) is 81.2 Å². The molecule has 0 saturated carbocycles. The maximum absolute atomic E-state index is 13.8. The standard InChI is InChI=1S/C32H37N3O9/c1-18-8-6-9-20(16-18)34(5)27(38)22-10-7-15-35(22)28(39)25(31(2,3)4)33-24(36)14-12-19-11-13-23-21(17-19)26(37)32(44-23,29(40)41)30(42)43/h6,8-9,11-14,16-17,22,25-26,37H,7,10,15H2,1-5H3,(H,33,36)(H,40,41)(H,42,43)/b14-12+/t22-,25+,26?/m0/s1. The van der Waals surface area contributed by atoms with E-state index in [9.17, 15) is 39.3 Å². The number of likely N-dealkylation sites (N-methyl/N-ethyl adjacent to an activating group) is 1. The highest BCUT2D eigenvalue weighted by Gasteiger charge is 2.61. The molecule has 1 fully saturated rings. The summed E-state index contributed by atoms with van der Waals surface area (Å²) in [6, 6.07) is 10.00. The Hall–Kier alpha value is -4.71. The molecule has 0 spiro atoms. The highest BCUT2D eigenvalue weighted by Crippen LogP contribution is 2.44. The molecule has 0 radical (unpaired) electrons. The lowest BCUT2D eigenvalue weighted by atomic mass is 9.85. The van der Waals surface area contributed by atoms with Gasteiger partial charge in [0, 0.05) is 30.9 Å². The van der Waals surface area contributed by atoms with E-state index in [1.807, 2.05) is 52.0 Å². The van der Waals surface area contributed by atoms with Crippen LogP contribution in [0.2, 0.25) is 0 Å². The second-order valence-electron chi connectivity index (χ2n) is 12.2. The van der Waals surface area contributed by atoms with E-state index in [2.05, 4.69) is 5.32 Å². The van der Waals surface area contributed by atoms with Gasteiger partial charge in [0.25, 0.3) is 0 Å². The summed E-state index contributed by atoms with van der Waals surface area (Å²) in [7, 11) is 1.68. The van der Waals surface area contributed by atoms with Crippen molar-refractivity contribution in [2.75, 3.05) is 18.5 Å². The van der Waals surface area contributed by atoms with Crippen molar-refractivity contribution < 1.29 is 44.0 Å². The van der Waals surface area contributed by atoms with Crippen molar-refractivity contribution in [3.05, 3.63) is 65.2 Å². The summed E-state index contributed by atoms with van der Waals surface area (Å²) in [6.45, 7) is 7.74. The first-order valence-electron chi connectivity index (χ1n) is 14.2. The first kappa shape index (κ1) is 32.2. The Bertz CT molecular complexity index is 1510. The minimum absolute atomic E-state index is 0.0551. The highest BCUT2D eigenvalue weighted by molar-refractivity contribution is 6.04. The highest BCUT2D eigenvalue weighted by atomic mass is 16.6. The molecular weight excluding hydrogens is 570 g/mol. The first-order valence-corrected chi connectivity index (χ1v) is 14.2. The molecule has 0 aromatic heterocycles. The lowest BCUT2D eigenvalue weighted by Gasteiger charge is -2.36. The van der Waals surface area contributed by atoms with Crippen LogP contribution in [0.1, 0.15) is 56.4 Å². The largest absolute Gasteiger partial charge is 0.478 e. The van der Waals surface area contributed by atoms with Crippen molar-refractivity contribution in [3.8, 4) is 5.75 Å². The van der Waals surface area contributed by atoms with Crippen molar-refractivity contribution in [1.82, 2.24) is 10.2 Å². The summed E-state index contributed by atoms with van der Waals surface area (Å²) in [5, 5.41) is 32.2. The lowest BCUT2D eigenvalue weighted by molar-refractivity contribution is -0.180. The van der Waals surface area contributed by atoms with Gasteiger partial charge in [0.1, 0.15) is 23.9 Å². The number of hydrogen-bond acceptors (Lipinski definition) is 7. The first-order chi connectivity index (χ1) is 20.6. The molecule has 1 unspecified atom stereocenters. The number of nitrogens with zero attached hydrogens (tertiary/aromatic N) is 2. The Morgan fingerprint density at radius 1 is 1.09 bits per heavy atom. The smallest absolute Gasteiger partial charge is 0.363 e. The molecule has 1 saturated heterocycles. The second kappa shape index (κ2) is 12.1. The van der Waals surface area contributed by atoms with Gasteiger partial charge in [-0.3, -0.25) is 14.4 Å². The van der Waals surface area contributed by atoms with Gasteiger partial charge in [-0.15, -0.1) is 0 Å². The van der Waals surface area contributed by atoms with E-state index in [4.69, 9.17) is 4.74 Å². The van der Waals surface area contributed by atoms with Crippen molar-refractivity contribution >= 4 is 41.4 Å². The lowest BCUT2D eigenvalue weighted by Crippen LogP contribution is -2.57. The van der Waals surface area contributed by atoms with E-state index in [1.165, 1.54) is 35.3 Å². The number of nitrogens with one attached hydrogen (secondary N) is 1. The summed E-state index contributed by atoms with van der Waals surface area (Å²) < 4.78 is 5.12. The zero-order valence-electron chi connectivity index (χ0n) is 25.2. The summed E-state index contributed by atoms with van der Waals surface area (Å²) in [6.07, 6.45) is 1.72. The van der Waals surface area contributed by atoms with Gasteiger partial charge >= 0.3 is 17.5 Å². The van der Waals surface area contributed by atoms with E-state index < -0.39 is 47.0 Å². The van der Waals surface area contributed by atoms with Crippen LogP contribution in [0.4, 0.5) is 5.69 Å². The normalized spacial score (nSPS) is 19.6. The SMILES string of the molecule is Cc1cccc(N(C)C(=O)[C@@H]2CCCN2C(=O)[C@@H](NC(=O)/C=C/c2ccc3c(c2)C(O)C(C(=O)O)(C(=O)O)O3)C(C)(C)C)c1. The van der Waals surface area contributed by atoms with Crippen LogP contribution in [-0.2, 0) is 24.0 Å². The van der Waals surface area contributed by atoms with Crippen LogP contribution < -0.4 is 15.0 Å². The number of aryl methyl sites for hydroxylation is 1. The number of anilines is 1. The molecule has 4 rings (SSSR count). The molecule has 3 amide bonds. The molecule has 12 heteroatoms. The number of carboxylic acid groups (broad SMARTS) is 2. The summed E-state index contributed by atoms with van der Waals surface area (Å²) >= 11 is 0. The predicted molar refractivity (Wildman–Crippen MR) is 160 cm³/mol. The number of hydrogen-bond donors (Lipinski definition) is 4. The summed E-state index contributed by atoms with van der Waals surface area (Å²) in [5.74, 6) is -4.99. The minimum Gasteiger partial charge on any atom is -0.478 e. The molecule has 2 aliphatic rings. The van der Waals surface area contributed by atoms with Crippen LogP contribution in [0.3, 0.4) is 0 Å². The molecule has 2 heterocycles. The van der Waals surface area contributed by atoms with Gasteiger partial charge in [0.2, 0.25) is 17.7 Å². The number of benzene rings is 2. The molecule has 44 heavy (non-hydrogen) atoms. The van der Waals surface area contributed by atoms with Gasteiger partial charge in [-0.1, -0.05) is 39.0 Å². The summed E-state index contributed by atoms with van der Waals surface area (Å²) in [5.41, 5.74) is -1.56. The average molecular weight is 608 g/mol. The van der Waals surface area contributed by atoms with Crippen LogP contribution in [0.15, 0.2) is 48.5 Å². The Labute approximate surface area is 254 Å². The Morgan fingerprint density at radius 2 is 1.77 bits per heavy atom. The summed E-state index contributed by atoms with van der Waals surface area (Å²) in [4.78, 5) is 66.8. The number of carboxylic acids is 2. The maximum Gasteiger partial charge on any atom is 0.363 e. The van der Waals surface area contributed by atoms with Gasteiger partial charge in [-0.2, -0.15) is 0 Å². The number of carbonyl (C=O) groups excluding carboxylic acids is 3. The van der Waals surface area contributed by atoms with Crippen molar-refractivity contribution in [3.63, 3.8) is 0 Å². The number of carbonyl (C=O) groups is 5. The fourth-order valence-electron chi connectivity index (χ4n) is 5.49. The predicted octanol–water partition coefficient (Wildman–Crippen LogP) is 2.53. The molecule has 4 N–H and O–H groups in total. The number of likely N-dealkylation sites (tertiary alicyclic amines) is 1. The fourth-order valence-corrected chi connectivity index (χ4v) is 5.49. The van der Waals surface area contributed by atoms with Crippen LogP contribution >= 0.6 is 0 Å². The van der Waals surface area contributed by atoms with E-state index in [0.717, 1.165) is 11.3 Å². The van der Waals surface area contributed by atoms with E-state index >= 15 is 0 Å². The molecule has 2 aromatic carbocycles. The molecule has 2 aliphatic heterocycles. The van der Waals surface area contributed by atoms with Gasteiger partial charge in [-0.05, 0) is 66.6 Å². The molecule has 12 nitrogen and oxygen atoms in total. The zero-order valence-corrected chi connectivity index (χ0v) is 25.2. The zero-order chi connectivity index (χ0) is 32.6. The van der Waals surface area contributed by atoms with Crippen molar-refractivity contribution in [2.24, 2.45) is 5.41 Å². The van der Waals surface area contributed by atoms with Crippen molar-refractivity contribution in [1.29, 1.82) is 0 Å². The van der Waals surface area contributed by atoms with E-state index in [0.29, 0.717) is 24.9 Å². The molecular formula is C32H37N3O9. The number of aliphatic hydroxyl groups is 1. The number of amides is 3. The van der Waals surface area contributed by atoms with E-state index in [1.54, 1.807) is 11.9 Å². The third-order valence-electron chi connectivity index (χ3n) is 7.99. The monoisotopic (exact) mass is 607 g/mol. The van der Waals surface area contributed by atoms with Crippen molar-refractivity contribution in [2.45, 2.75) is 64.3 Å². The third-order valence-corrected chi connectivity index (χ3v) is 7.99. The topological polar surface area (TPSA) is 174 Å². The van der Waals surface area contributed by atoms with Gasteiger partial charge in [-0.25, -0.2) is 9.59 Å². The van der Waals surface area contributed by atoms with E-state index in [-0.39, 0.29) is 23.1 Å². The minimum atomic E-state index is -2.88. The molecule has 2 aromatic rings. The number of aliphatic hydroxyl groups excluding tert-OH is 1. The van der Waals surface area contributed by atoms with Gasteiger partial charge in [0.15, 0.2) is 0 Å². The number of rotatable bonds is 8. The Morgan fingerprint density at radius 3 is 2.39 bits per heavy atom. The Balaban J connectivity index is 1.49. The number of aliphatic carboxylic acids is 2. The second-order valence-corrected chi connectivity index (χ2v) is 12.2. The maximum atomic E-state index is 13.8. The Kier molecular flexibility index (Phi) is 8.87. The van der Waals surface area contributed by atoms with Gasteiger partial charge in [0.05, 0.1) is 0 Å². The van der Waals surface area contributed by atoms with Gasteiger partial charge < -0.3 is 35.2 Å². The molecule has 234 valence electrons. The molecule has 0 aliphatic carbocycles. The fraction of sp³-hybridized carbons (Fsp3) is 0.406. The molecule has 0 bridgehead atoms. The molecule has 3 atom stereocenters. The van der Waals surface area contributed by atoms with Crippen LogP contribution in [0.5, 0.6) is 5.75 Å².